The van der Waals surface area contributed by atoms with Crippen molar-refractivity contribution in [2.24, 2.45) is 0 Å². The van der Waals surface area contributed by atoms with Crippen LogP contribution in [0.3, 0.4) is 0 Å². The number of carbonyl (C=O) groups is 1. The van der Waals surface area contributed by atoms with Gasteiger partial charge >= 0.3 is 68.9 Å². The molecule has 0 bridgehead atoms. The van der Waals surface area contributed by atoms with E-state index >= 15 is 0 Å². The third kappa shape index (κ3) is 7.30. The second-order valence-corrected chi connectivity index (χ2v) is 9.95. The van der Waals surface area contributed by atoms with Gasteiger partial charge in [-0.25, -0.2) is 15.0 Å². The smallest absolute Gasteiger partial charge is 0.546 e. The zero-order valence-electron chi connectivity index (χ0n) is 24.2. The van der Waals surface area contributed by atoms with Crippen LogP contribution in [0.4, 0.5) is 0 Å². The first-order valence-electron chi connectivity index (χ1n) is 13.7. The third-order valence-corrected chi connectivity index (χ3v) is 6.99. The van der Waals surface area contributed by atoms with E-state index in [0.717, 1.165) is 33.4 Å². The molecule has 0 saturated heterocycles. The van der Waals surface area contributed by atoms with E-state index in [9.17, 15) is 15.0 Å². The van der Waals surface area contributed by atoms with Gasteiger partial charge in [0.1, 0.15) is 17.6 Å². The van der Waals surface area contributed by atoms with Gasteiger partial charge in [-0.2, -0.15) is 0 Å². The molecule has 0 amide bonds. The average molecular weight is 698 g/mol. The number of aliphatic carboxylic acids is 1. The number of aromatic nitrogens is 3. The van der Waals surface area contributed by atoms with Gasteiger partial charge in [-0.3, -0.25) is 0 Å². The summed E-state index contributed by atoms with van der Waals surface area (Å²) in [5, 5.41) is 22.0. The zero-order chi connectivity index (χ0) is 29.8. The molecule has 0 aliphatic heterocycles. The fraction of sp³-hybridized carbons (Fsp3) is 0.0556. The molecule has 1 unspecified atom stereocenters. The van der Waals surface area contributed by atoms with Crippen LogP contribution in [-0.2, 0) is 4.79 Å². The molecule has 6 rings (SSSR count). The first-order valence-corrected chi connectivity index (χ1v) is 13.7. The maximum absolute atomic E-state index is 11.1. The SMILES string of the molecule is CC(Oc1ccc(-c2nc(-c3ccc(-c4ccccc4)cc3)nc(-c3ccc(-c4ccccc4)cc3)n2)c(O)c1)C(=O)[O-].[Cs+]. The number of phenols is 1. The number of hydrogen-bond donors (Lipinski definition) is 1. The van der Waals surface area contributed by atoms with Gasteiger partial charge in [0, 0.05) is 17.2 Å². The molecule has 44 heavy (non-hydrogen) atoms. The largest absolute Gasteiger partial charge is 1.00 e. The van der Waals surface area contributed by atoms with Crippen molar-refractivity contribution in [2.45, 2.75) is 13.0 Å². The Morgan fingerprint density at radius 2 is 1.02 bits per heavy atom. The number of rotatable bonds is 8. The van der Waals surface area contributed by atoms with Crippen molar-refractivity contribution < 1.29 is 88.6 Å². The fourth-order valence-electron chi connectivity index (χ4n) is 4.67. The summed E-state index contributed by atoms with van der Waals surface area (Å²) in [5.41, 5.74) is 6.25. The first kappa shape index (κ1) is 31.7. The quantitative estimate of drug-likeness (QED) is 0.260. The Labute approximate surface area is 314 Å². The van der Waals surface area contributed by atoms with Crippen LogP contribution in [0.2, 0.25) is 0 Å². The zero-order valence-corrected chi connectivity index (χ0v) is 30.5. The molecular weight excluding hydrogens is 671 g/mol. The van der Waals surface area contributed by atoms with Crippen LogP contribution in [0, 0.1) is 0 Å². The van der Waals surface area contributed by atoms with Crippen LogP contribution >= 0.6 is 0 Å². The molecule has 0 saturated carbocycles. The molecule has 1 N–H and O–H groups in total. The second kappa shape index (κ2) is 14.3. The molecular formula is C36H26CsN3O4. The normalized spacial score (nSPS) is 11.3. The number of nitrogens with zero attached hydrogens (tertiary/aromatic N) is 3. The van der Waals surface area contributed by atoms with Crippen molar-refractivity contribution in [1.82, 2.24) is 15.0 Å². The number of benzene rings is 5. The number of phenolic OH excluding ortho intramolecular Hbond substituents is 1. The van der Waals surface area contributed by atoms with E-state index in [1.165, 1.54) is 13.0 Å². The summed E-state index contributed by atoms with van der Waals surface area (Å²) in [5.74, 6) is -0.192. The summed E-state index contributed by atoms with van der Waals surface area (Å²) in [4.78, 5) is 25.3. The van der Waals surface area contributed by atoms with Gasteiger partial charge in [0.15, 0.2) is 17.5 Å². The van der Waals surface area contributed by atoms with Crippen LogP contribution < -0.4 is 78.7 Å². The number of carboxylic acid groups (broad SMARTS) is 1. The minimum atomic E-state index is -1.35. The monoisotopic (exact) mass is 697 g/mol. The molecule has 1 atom stereocenters. The van der Waals surface area contributed by atoms with Gasteiger partial charge in [0.2, 0.25) is 0 Å². The first-order chi connectivity index (χ1) is 20.9. The molecule has 0 fully saturated rings. The summed E-state index contributed by atoms with van der Waals surface area (Å²) < 4.78 is 5.35. The number of carbonyl (C=O) groups excluding carboxylic acids is 1. The minimum absolute atomic E-state index is 0. The molecule has 0 spiro atoms. The maximum atomic E-state index is 11.1. The Morgan fingerprint density at radius 1 is 0.614 bits per heavy atom. The Balaban J connectivity index is 0.00000384. The van der Waals surface area contributed by atoms with Crippen LogP contribution in [0.5, 0.6) is 11.5 Å². The molecule has 0 aliphatic carbocycles. The van der Waals surface area contributed by atoms with Crippen molar-refractivity contribution in [1.29, 1.82) is 0 Å². The molecule has 210 valence electrons. The summed E-state index contributed by atoms with van der Waals surface area (Å²) in [6.45, 7) is 1.36. The van der Waals surface area contributed by atoms with Crippen molar-refractivity contribution >= 4 is 5.97 Å². The number of carboxylic acids is 1. The molecule has 1 aromatic heterocycles. The molecule has 0 aliphatic rings. The van der Waals surface area contributed by atoms with Crippen LogP contribution in [-0.4, -0.2) is 32.1 Å². The van der Waals surface area contributed by atoms with Gasteiger partial charge < -0.3 is 19.7 Å². The van der Waals surface area contributed by atoms with Crippen molar-refractivity contribution in [3.63, 3.8) is 0 Å². The minimum Gasteiger partial charge on any atom is -0.546 e. The van der Waals surface area contributed by atoms with Crippen molar-refractivity contribution in [3.8, 4) is 67.9 Å². The molecule has 8 heteroatoms. The average Bonchev–Trinajstić information content (AvgIpc) is 3.05. The molecule has 1 heterocycles. The van der Waals surface area contributed by atoms with Crippen molar-refractivity contribution in [2.75, 3.05) is 0 Å². The van der Waals surface area contributed by atoms with Gasteiger partial charge in [-0.15, -0.1) is 0 Å². The standard InChI is InChI=1S/C36H27N3O4.Cs/c1-23(36(41)42)43-30-20-21-31(32(40)22-30)35-38-33(28-16-12-26(13-17-28)24-8-4-2-5-9-24)37-34(39-35)29-18-14-27(15-19-29)25-10-6-3-7-11-25;/h2-23,40H,1H3,(H,41,42);/q;+1/p-1. The van der Waals surface area contributed by atoms with E-state index in [0.29, 0.717) is 17.2 Å². The van der Waals surface area contributed by atoms with Crippen LogP contribution in [0.25, 0.3) is 56.4 Å². The Hall–Kier alpha value is -3.77. The summed E-state index contributed by atoms with van der Waals surface area (Å²) in [7, 11) is 0. The Morgan fingerprint density at radius 3 is 1.45 bits per heavy atom. The Bertz CT molecular complexity index is 1780. The maximum Gasteiger partial charge on any atom is 1.00 e. The van der Waals surface area contributed by atoms with Crippen LogP contribution in [0.1, 0.15) is 6.92 Å². The predicted molar refractivity (Wildman–Crippen MR) is 164 cm³/mol. The molecule has 7 nitrogen and oxygen atoms in total. The van der Waals surface area contributed by atoms with E-state index in [1.807, 2.05) is 84.9 Å². The summed E-state index contributed by atoms with van der Waals surface area (Å²) in [6, 6.07) is 40.6. The summed E-state index contributed by atoms with van der Waals surface area (Å²) >= 11 is 0. The van der Waals surface area contributed by atoms with Gasteiger partial charge in [-0.1, -0.05) is 109 Å². The van der Waals surface area contributed by atoms with E-state index < -0.39 is 12.1 Å². The number of hydrogen-bond acceptors (Lipinski definition) is 7. The summed E-state index contributed by atoms with van der Waals surface area (Å²) in [6.07, 6.45) is -1.18. The third-order valence-electron chi connectivity index (χ3n) is 6.99. The van der Waals surface area contributed by atoms with Gasteiger partial charge in [0.25, 0.3) is 0 Å². The second-order valence-electron chi connectivity index (χ2n) is 9.95. The van der Waals surface area contributed by atoms with Gasteiger partial charge in [0.05, 0.1) is 11.5 Å². The molecule has 5 aromatic carbocycles. The van der Waals surface area contributed by atoms with Crippen LogP contribution in [0.15, 0.2) is 127 Å². The Kier molecular flexibility index (Phi) is 10.3. The predicted octanol–water partition coefficient (Wildman–Crippen LogP) is 3.43. The number of aromatic hydroxyl groups is 1. The molecule has 6 aromatic rings. The van der Waals surface area contributed by atoms with E-state index in [4.69, 9.17) is 19.7 Å². The van der Waals surface area contributed by atoms with Crippen molar-refractivity contribution in [3.05, 3.63) is 127 Å². The van der Waals surface area contributed by atoms with E-state index in [-0.39, 0.29) is 86.2 Å². The van der Waals surface area contributed by atoms with Gasteiger partial charge in [-0.05, 0) is 41.3 Å². The molecule has 0 radical (unpaired) electrons. The van der Waals surface area contributed by atoms with E-state index in [1.54, 1.807) is 12.1 Å². The number of ether oxygens (including phenoxy) is 1. The fourth-order valence-corrected chi connectivity index (χ4v) is 4.67. The van der Waals surface area contributed by atoms with E-state index in [2.05, 4.69) is 24.3 Å². The topological polar surface area (TPSA) is 108 Å².